The second-order valence-electron chi connectivity index (χ2n) is 3.62. The van der Waals surface area contributed by atoms with Gasteiger partial charge in [0.2, 0.25) is 0 Å². The van der Waals surface area contributed by atoms with Gasteiger partial charge in [0.1, 0.15) is 5.82 Å². The van der Waals surface area contributed by atoms with Crippen LogP contribution < -0.4 is 5.73 Å². The predicted molar refractivity (Wildman–Crippen MR) is 53.2 cm³/mol. The minimum atomic E-state index is -1.15. The molecule has 0 radical (unpaired) electrons. The Morgan fingerprint density at radius 1 is 1.13 bits per heavy atom. The third-order valence-corrected chi connectivity index (χ3v) is 2.54. The second-order valence-corrected chi connectivity index (χ2v) is 3.62. The van der Waals surface area contributed by atoms with Crippen molar-refractivity contribution in [3.8, 4) is 0 Å². The lowest BCUT2D eigenvalue weighted by atomic mass is 10.0. The minimum absolute atomic E-state index is 0. The van der Waals surface area contributed by atoms with Crippen molar-refractivity contribution in [2.75, 3.05) is 0 Å². The van der Waals surface area contributed by atoms with E-state index in [4.69, 9.17) is 5.73 Å². The van der Waals surface area contributed by atoms with Gasteiger partial charge in [0.15, 0.2) is 11.6 Å². The van der Waals surface area contributed by atoms with Gasteiger partial charge in [0.25, 0.3) is 0 Å². The molecule has 0 heterocycles. The first kappa shape index (κ1) is 12.3. The van der Waals surface area contributed by atoms with Crippen LogP contribution in [0.5, 0.6) is 0 Å². The first-order valence-corrected chi connectivity index (χ1v) is 4.50. The fourth-order valence-electron chi connectivity index (χ4n) is 1.54. The molecule has 1 aromatic carbocycles. The van der Waals surface area contributed by atoms with Crippen molar-refractivity contribution in [3.05, 3.63) is 35.1 Å². The third-order valence-electron chi connectivity index (χ3n) is 2.54. The zero-order valence-corrected chi connectivity index (χ0v) is 8.66. The van der Waals surface area contributed by atoms with Crippen LogP contribution in [-0.2, 0) is 0 Å². The van der Waals surface area contributed by atoms with Gasteiger partial charge in [-0.1, -0.05) is 0 Å². The lowest BCUT2D eigenvalue weighted by Crippen LogP contribution is -2.17. The first-order valence-electron chi connectivity index (χ1n) is 4.50. The van der Waals surface area contributed by atoms with Crippen molar-refractivity contribution in [2.24, 2.45) is 11.7 Å². The number of benzene rings is 1. The van der Waals surface area contributed by atoms with Crippen LogP contribution in [0.1, 0.15) is 24.4 Å². The Morgan fingerprint density at radius 3 is 2.20 bits per heavy atom. The van der Waals surface area contributed by atoms with Gasteiger partial charge < -0.3 is 5.73 Å². The lowest BCUT2D eigenvalue weighted by Gasteiger charge is -2.12. The molecular weight excluding hydrogens is 227 g/mol. The summed E-state index contributed by atoms with van der Waals surface area (Å²) < 4.78 is 39.2. The van der Waals surface area contributed by atoms with Crippen LogP contribution in [0.3, 0.4) is 0 Å². The van der Waals surface area contributed by atoms with Crippen molar-refractivity contribution >= 4 is 12.4 Å². The van der Waals surface area contributed by atoms with Crippen LogP contribution in [0.2, 0.25) is 0 Å². The molecule has 1 aliphatic carbocycles. The Morgan fingerprint density at radius 2 is 1.67 bits per heavy atom. The Bertz CT molecular complexity index is 366. The maximum Gasteiger partial charge on any atom is 0.166 e. The molecule has 1 fully saturated rings. The predicted octanol–water partition coefficient (Wildman–Crippen LogP) is 2.94. The van der Waals surface area contributed by atoms with Crippen molar-refractivity contribution < 1.29 is 13.2 Å². The van der Waals surface area contributed by atoms with Crippen LogP contribution in [0, 0.1) is 23.4 Å². The molecule has 1 saturated carbocycles. The molecule has 1 nitrogen and oxygen atoms in total. The number of nitrogens with two attached hydrogens (primary N) is 1. The number of hydrogen-bond donors (Lipinski definition) is 1. The maximum absolute atomic E-state index is 13.2. The van der Waals surface area contributed by atoms with E-state index in [1.807, 2.05) is 0 Å². The number of rotatable bonds is 2. The first-order chi connectivity index (χ1) is 6.61. The summed E-state index contributed by atoms with van der Waals surface area (Å²) in [4.78, 5) is 0. The fourth-order valence-corrected chi connectivity index (χ4v) is 1.54. The van der Waals surface area contributed by atoms with Crippen molar-refractivity contribution in [3.63, 3.8) is 0 Å². The highest BCUT2D eigenvalue weighted by molar-refractivity contribution is 5.85. The van der Waals surface area contributed by atoms with Crippen molar-refractivity contribution in [2.45, 2.75) is 18.9 Å². The van der Waals surface area contributed by atoms with Gasteiger partial charge in [-0.3, -0.25) is 0 Å². The van der Waals surface area contributed by atoms with E-state index in [-0.39, 0.29) is 23.9 Å². The van der Waals surface area contributed by atoms with Gasteiger partial charge >= 0.3 is 0 Å². The van der Waals surface area contributed by atoms with Gasteiger partial charge in [-0.25, -0.2) is 13.2 Å². The largest absolute Gasteiger partial charge is 0.324 e. The van der Waals surface area contributed by atoms with Gasteiger partial charge in [0, 0.05) is 11.6 Å². The van der Waals surface area contributed by atoms with Crippen LogP contribution in [-0.4, -0.2) is 0 Å². The summed E-state index contributed by atoms with van der Waals surface area (Å²) in [5.74, 6) is -2.86. The van der Waals surface area contributed by atoms with E-state index in [2.05, 4.69) is 0 Å². The molecule has 15 heavy (non-hydrogen) atoms. The van der Waals surface area contributed by atoms with Crippen LogP contribution in [0.4, 0.5) is 13.2 Å². The third kappa shape index (κ3) is 2.26. The summed E-state index contributed by atoms with van der Waals surface area (Å²) in [5.41, 5.74) is 5.31. The molecule has 0 spiro atoms. The zero-order valence-electron chi connectivity index (χ0n) is 7.84. The molecule has 0 aliphatic heterocycles. The van der Waals surface area contributed by atoms with E-state index < -0.39 is 23.5 Å². The molecular formula is C10H11ClF3N. The monoisotopic (exact) mass is 237 g/mol. The average Bonchev–Trinajstić information content (AvgIpc) is 2.95. The van der Waals surface area contributed by atoms with Gasteiger partial charge in [0.05, 0.1) is 0 Å². The number of halogens is 4. The summed E-state index contributed by atoms with van der Waals surface area (Å²) in [6.45, 7) is 0. The van der Waals surface area contributed by atoms with Crippen molar-refractivity contribution in [1.82, 2.24) is 0 Å². The van der Waals surface area contributed by atoms with Gasteiger partial charge in [-0.2, -0.15) is 0 Å². The van der Waals surface area contributed by atoms with Crippen molar-refractivity contribution in [1.29, 1.82) is 0 Å². The summed E-state index contributed by atoms with van der Waals surface area (Å²) >= 11 is 0. The van der Waals surface area contributed by atoms with Gasteiger partial charge in [-0.15, -0.1) is 12.4 Å². The standard InChI is InChI=1S/C10H10F3N.ClH/c11-6-3-4-7(12)9(13)8(6)10(14)5-1-2-5;/h3-5,10H,1-2,14H2;1H/t10-;/m0./s1. The Balaban J connectivity index is 0.00000112. The molecule has 0 aromatic heterocycles. The smallest absolute Gasteiger partial charge is 0.166 e. The van der Waals surface area contributed by atoms with E-state index in [9.17, 15) is 13.2 Å². The normalized spacial score (nSPS) is 17.1. The maximum atomic E-state index is 13.2. The lowest BCUT2D eigenvalue weighted by molar-refractivity contribution is 0.454. The molecule has 2 rings (SSSR count). The molecule has 2 N–H and O–H groups in total. The summed E-state index contributed by atoms with van der Waals surface area (Å²) in [6.07, 6.45) is 1.72. The highest BCUT2D eigenvalue weighted by Gasteiger charge is 2.33. The SMILES string of the molecule is Cl.N[C@H](c1c(F)ccc(F)c1F)C1CC1. The van der Waals surface area contributed by atoms with Crippen LogP contribution >= 0.6 is 12.4 Å². The molecule has 1 aromatic rings. The van der Waals surface area contributed by atoms with E-state index in [0.29, 0.717) is 0 Å². The van der Waals surface area contributed by atoms with E-state index in [1.54, 1.807) is 0 Å². The molecule has 1 aliphatic rings. The van der Waals surface area contributed by atoms with Crippen LogP contribution in [0.15, 0.2) is 12.1 Å². The van der Waals surface area contributed by atoms with Gasteiger partial charge in [-0.05, 0) is 30.9 Å². The average molecular weight is 238 g/mol. The van der Waals surface area contributed by atoms with Crippen LogP contribution in [0.25, 0.3) is 0 Å². The van der Waals surface area contributed by atoms with E-state index in [0.717, 1.165) is 25.0 Å². The molecule has 0 amide bonds. The molecule has 0 saturated heterocycles. The molecule has 1 atom stereocenters. The Kier molecular flexibility index (Phi) is 3.62. The quantitative estimate of drug-likeness (QED) is 0.787. The highest BCUT2D eigenvalue weighted by Crippen LogP contribution is 2.41. The molecule has 0 unspecified atom stereocenters. The topological polar surface area (TPSA) is 26.0 Å². The van der Waals surface area contributed by atoms with E-state index >= 15 is 0 Å². The summed E-state index contributed by atoms with van der Waals surface area (Å²) in [5, 5.41) is 0. The Labute approximate surface area is 91.9 Å². The fraction of sp³-hybridized carbons (Fsp3) is 0.400. The Hall–Kier alpha value is -0.740. The molecule has 84 valence electrons. The van der Waals surface area contributed by atoms with E-state index in [1.165, 1.54) is 0 Å². The summed E-state index contributed by atoms with van der Waals surface area (Å²) in [6, 6.07) is 0.967. The molecule has 5 heteroatoms. The zero-order chi connectivity index (χ0) is 10.3. The highest BCUT2D eigenvalue weighted by atomic mass is 35.5. The molecule has 0 bridgehead atoms. The minimum Gasteiger partial charge on any atom is -0.324 e. The summed E-state index contributed by atoms with van der Waals surface area (Å²) in [7, 11) is 0. The number of hydrogen-bond acceptors (Lipinski definition) is 1. The second kappa shape index (κ2) is 4.41.